The summed E-state index contributed by atoms with van der Waals surface area (Å²) < 4.78 is 5.71. The minimum atomic E-state index is -0.447. The Balaban J connectivity index is 1.32. The van der Waals surface area contributed by atoms with Crippen molar-refractivity contribution in [3.05, 3.63) is 36.0 Å². The molecular weight excluding hydrogens is 392 g/mol. The number of anilines is 3. The minimum absolute atomic E-state index is 0.196. The summed E-state index contributed by atoms with van der Waals surface area (Å²) in [4.78, 5) is 28.8. The highest BCUT2D eigenvalue weighted by Crippen LogP contribution is 2.25. The Morgan fingerprint density at radius 3 is 2.86 bits per heavy atom. The number of urea groups is 1. The van der Waals surface area contributed by atoms with Gasteiger partial charge >= 0.3 is 6.03 Å². The summed E-state index contributed by atoms with van der Waals surface area (Å²) in [6, 6.07) is 5.14. The van der Waals surface area contributed by atoms with E-state index in [0.717, 1.165) is 24.9 Å². The first-order valence-corrected chi connectivity index (χ1v) is 9.98. The summed E-state index contributed by atoms with van der Waals surface area (Å²) in [6.45, 7) is 1.58. The van der Waals surface area contributed by atoms with Crippen molar-refractivity contribution in [2.45, 2.75) is 18.9 Å². The molecule has 1 atom stereocenters. The average molecular weight is 412 g/mol. The molecular formula is C18H20N8O2S. The summed E-state index contributed by atoms with van der Waals surface area (Å²) in [6.07, 6.45) is 5.43. The lowest BCUT2D eigenvalue weighted by atomic mass is 10.2. The SMILES string of the molecule is Nc1ncc(-c2nc(NC(=O)Nc3cccc(OC[C@H]4CCCN4)n3)cs2)cn1. The highest BCUT2D eigenvalue weighted by Gasteiger charge is 2.15. The Morgan fingerprint density at radius 2 is 2.07 bits per heavy atom. The van der Waals surface area contributed by atoms with Gasteiger partial charge in [0.05, 0.1) is 0 Å². The van der Waals surface area contributed by atoms with Crippen molar-refractivity contribution in [2.75, 3.05) is 29.5 Å². The first-order chi connectivity index (χ1) is 14.2. The largest absolute Gasteiger partial charge is 0.476 e. The van der Waals surface area contributed by atoms with Crippen molar-refractivity contribution < 1.29 is 9.53 Å². The summed E-state index contributed by atoms with van der Waals surface area (Å²) >= 11 is 1.36. The normalized spacial score (nSPS) is 15.8. The second-order valence-corrected chi connectivity index (χ2v) is 7.27. The predicted octanol–water partition coefficient (Wildman–Crippen LogP) is 2.35. The minimum Gasteiger partial charge on any atom is -0.476 e. The average Bonchev–Trinajstić information content (AvgIpc) is 3.39. The van der Waals surface area contributed by atoms with Gasteiger partial charge in [0.25, 0.3) is 0 Å². The molecule has 0 unspecified atom stereocenters. The molecule has 5 N–H and O–H groups in total. The molecule has 3 aromatic rings. The van der Waals surface area contributed by atoms with Gasteiger partial charge in [-0.05, 0) is 25.5 Å². The zero-order valence-electron chi connectivity index (χ0n) is 15.5. The number of ether oxygens (including phenoxy) is 1. The lowest BCUT2D eigenvalue weighted by Gasteiger charge is -2.12. The van der Waals surface area contributed by atoms with Gasteiger partial charge < -0.3 is 15.8 Å². The van der Waals surface area contributed by atoms with Gasteiger partial charge in [-0.15, -0.1) is 11.3 Å². The van der Waals surface area contributed by atoms with E-state index in [0.29, 0.717) is 35.2 Å². The lowest BCUT2D eigenvalue weighted by molar-refractivity contribution is 0.261. The smallest absolute Gasteiger partial charge is 0.326 e. The van der Waals surface area contributed by atoms with E-state index in [1.165, 1.54) is 11.3 Å². The van der Waals surface area contributed by atoms with Crippen LogP contribution >= 0.6 is 11.3 Å². The van der Waals surface area contributed by atoms with Crippen molar-refractivity contribution in [3.63, 3.8) is 0 Å². The third kappa shape index (κ3) is 5.15. The molecule has 3 aromatic heterocycles. The number of thiazole rings is 1. The van der Waals surface area contributed by atoms with Crippen molar-refractivity contribution in [2.24, 2.45) is 0 Å². The van der Waals surface area contributed by atoms with E-state index in [1.54, 1.807) is 36.0 Å². The van der Waals surface area contributed by atoms with Crippen LogP contribution in [0.2, 0.25) is 0 Å². The lowest BCUT2D eigenvalue weighted by Crippen LogP contribution is -2.28. The molecule has 0 saturated carbocycles. The monoisotopic (exact) mass is 412 g/mol. The number of aromatic nitrogens is 4. The van der Waals surface area contributed by atoms with Gasteiger partial charge in [-0.3, -0.25) is 10.6 Å². The Hall–Kier alpha value is -3.31. The van der Waals surface area contributed by atoms with Gasteiger partial charge in [0, 0.05) is 35.4 Å². The number of nitrogens with one attached hydrogen (secondary N) is 3. The Labute approximate surface area is 171 Å². The van der Waals surface area contributed by atoms with Crippen molar-refractivity contribution in [3.8, 4) is 16.5 Å². The van der Waals surface area contributed by atoms with Gasteiger partial charge in [0.2, 0.25) is 11.8 Å². The van der Waals surface area contributed by atoms with E-state index < -0.39 is 6.03 Å². The van der Waals surface area contributed by atoms with Crippen LogP contribution in [0.5, 0.6) is 5.88 Å². The highest BCUT2D eigenvalue weighted by atomic mass is 32.1. The molecule has 0 aromatic carbocycles. The fourth-order valence-electron chi connectivity index (χ4n) is 2.83. The van der Waals surface area contributed by atoms with Gasteiger partial charge in [0.15, 0.2) is 0 Å². The van der Waals surface area contributed by atoms with Gasteiger partial charge in [-0.2, -0.15) is 4.98 Å². The second kappa shape index (κ2) is 8.80. The van der Waals surface area contributed by atoms with E-state index in [9.17, 15) is 4.79 Å². The molecule has 0 radical (unpaired) electrons. The number of carbonyl (C=O) groups is 1. The van der Waals surface area contributed by atoms with Crippen LogP contribution in [0.1, 0.15) is 12.8 Å². The molecule has 1 saturated heterocycles. The molecule has 29 heavy (non-hydrogen) atoms. The Kier molecular flexibility index (Phi) is 5.77. The van der Waals surface area contributed by atoms with Crippen LogP contribution in [0.3, 0.4) is 0 Å². The quantitative estimate of drug-likeness (QED) is 0.484. The standard InChI is InChI=1S/C18H20N8O2S/c19-17-21-7-11(8-22-17)16-24-14(10-29-16)26-18(27)25-13-4-1-5-15(23-13)28-9-12-3-2-6-20-12/h1,4-5,7-8,10,12,20H,2-3,6,9H2,(H2,19,21,22)(H2,23,25,26,27)/t12-/m1/s1. The van der Waals surface area contributed by atoms with Crippen LogP contribution < -0.4 is 26.4 Å². The van der Waals surface area contributed by atoms with Gasteiger partial charge in [-0.1, -0.05) is 6.07 Å². The highest BCUT2D eigenvalue weighted by molar-refractivity contribution is 7.13. The molecule has 10 nitrogen and oxygen atoms in total. The first kappa shape index (κ1) is 19.0. The van der Waals surface area contributed by atoms with Crippen molar-refractivity contribution >= 4 is 35.0 Å². The number of pyridine rings is 1. The molecule has 0 bridgehead atoms. The number of hydrogen-bond acceptors (Lipinski definition) is 9. The van der Waals surface area contributed by atoms with Crippen LogP contribution in [0.25, 0.3) is 10.6 Å². The number of nitrogens with two attached hydrogens (primary N) is 1. The number of carbonyl (C=O) groups excluding carboxylic acids is 1. The van der Waals surface area contributed by atoms with Crippen molar-refractivity contribution in [1.82, 2.24) is 25.3 Å². The number of nitrogens with zero attached hydrogens (tertiary/aromatic N) is 4. The molecule has 1 aliphatic rings. The van der Waals surface area contributed by atoms with Crippen LogP contribution in [-0.4, -0.2) is 45.2 Å². The van der Waals surface area contributed by atoms with Crippen LogP contribution in [0.15, 0.2) is 36.0 Å². The van der Waals surface area contributed by atoms with E-state index in [1.807, 2.05) is 0 Å². The fourth-order valence-corrected chi connectivity index (χ4v) is 3.55. The number of hydrogen-bond donors (Lipinski definition) is 4. The topological polar surface area (TPSA) is 140 Å². The fraction of sp³-hybridized carbons (Fsp3) is 0.278. The number of amides is 2. The zero-order valence-corrected chi connectivity index (χ0v) is 16.3. The molecule has 150 valence electrons. The number of nitrogen functional groups attached to an aromatic ring is 1. The van der Waals surface area contributed by atoms with Crippen LogP contribution in [0, 0.1) is 0 Å². The molecule has 2 amide bonds. The summed E-state index contributed by atoms with van der Waals surface area (Å²) in [5.41, 5.74) is 6.21. The van der Waals surface area contributed by atoms with Crippen LogP contribution in [-0.2, 0) is 0 Å². The Morgan fingerprint density at radius 1 is 1.24 bits per heavy atom. The van der Waals surface area contributed by atoms with Gasteiger partial charge in [-0.25, -0.2) is 19.7 Å². The van der Waals surface area contributed by atoms with Crippen LogP contribution in [0.4, 0.5) is 22.4 Å². The third-order valence-corrected chi connectivity index (χ3v) is 5.12. The second-order valence-electron chi connectivity index (χ2n) is 6.41. The van der Waals surface area contributed by atoms with E-state index in [4.69, 9.17) is 10.5 Å². The molecule has 4 rings (SSSR count). The summed E-state index contributed by atoms with van der Waals surface area (Å²) in [5, 5.41) is 11.1. The molecule has 0 spiro atoms. The molecule has 4 heterocycles. The Bertz CT molecular complexity index is 972. The molecule has 11 heteroatoms. The predicted molar refractivity (Wildman–Crippen MR) is 111 cm³/mol. The maximum absolute atomic E-state index is 12.3. The van der Waals surface area contributed by atoms with E-state index in [2.05, 4.69) is 35.9 Å². The van der Waals surface area contributed by atoms with E-state index in [-0.39, 0.29) is 5.95 Å². The summed E-state index contributed by atoms with van der Waals surface area (Å²) in [7, 11) is 0. The summed E-state index contributed by atoms with van der Waals surface area (Å²) in [5.74, 6) is 1.47. The maximum atomic E-state index is 12.3. The van der Waals surface area contributed by atoms with E-state index >= 15 is 0 Å². The molecule has 1 fully saturated rings. The zero-order chi connectivity index (χ0) is 20.1. The molecule has 1 aliphatic heterocycles. The van der Waals surface area contributed by atoms with Crippen molar-refractivity contribution in [1.29, 1.82) is 0 Å². The number of rotatable bonds is 6. The first-order valence-electron chi connectivity index (χ1n) is 9.10. The third-order valence-electron chi connectivity index (χ3n) is 4.22. The van der Waals surface area contributed by atoms with Gasteiger partial charge in [0.1, 0.15) is 23.3 Å². The molecule has 0 aliphatic carbocycles. The maximum Gasteiger partial charge on any atom is 0.326 e.